The molecular weight excluding hydrogens is 468 g/mol. The van der Waals surface area contributed by atoms with E-state index < -0.39 is 0 Å². The number of fused-ring (bicyclic) bond motifs is 2. The van der Waals surface area contributed by atoms with Gasteiger partial charge in [-0.2, -0.15) is 5.26 Å². The van der Waals surface area contributed by atoms with Crippen molar-refractivity contribution < 1.29 is 9.53 Å². The minimum absolute atomic E-state index is 0.0973. The number of para-hydroxylation sites is 1. The van der Waals surface area contributed by atoms with Crippen LogP contribution in [-0.2, 0) is 28.9 Å². The van der Waals surface area contributed by atoms with E-state index in [1.807, 2.05) is 25.1 Å². The van der Waals surface area contributed by atoms with Crippen LogP contribution < -0.4 is 10.9 Å². The number of aromatic nitrogens is 2. The molecule has 7 nitrogen and oxygen atoms in total. The smallest absolute Gasteiger partial charge is 0.262 e. The molecule has 1 atom stereocenters. The molecule has 0 unspecified atom stereocenters. The molecule has 2 aromatic heterocycles. The molecule has 1 N–H and O–H groups in total. The normalized spacial score (nSPS) is 15.1. The van der Waals surface area contributed by atoms with Gasteiger partial charge in [0.15, 0.2) is 5.16 Å². The Balaban J connectivity index is 1.51. The van der Waals surface area contributed by atoms with E-state index in [9.17, 15) is 14.9 Å². The lowest BCUT2D eigenvalue weighted by atomic mass is 9.89. The van der Waals surface area contributed by atoms with Crippen molar-refractivity contribution in [3.05, 3.63) is 50.6 Å². The van der Waals surface area contributed by atoms with Gasteiger partial charge in [0.05, 0.1) is 22.2 Å². The van der Waals surface area contributed by atoms with Crippen molar-refractivity contribution in [2.45, 2.75) is 51.2 Å². The number of hydrogen-bond donors (Lipinski definition) is 1. The average Bonchev–Trinajstić information content (AvgIpc) is 3.17. The van der Waals surface area contributed by atoms with E-state index in [0.29, 0.717) is 58.7 Å². The molecule has 0 saturated carbocycles. The zero-order chi connectivity index (χ0) is 24.1. The van der Waals surface area contributed by atoms with Gasteiger partial charge in [-0.3, -0.25) is 14.2 Å². The van der Waals surface area contributed by atoms with Crippen LogP contribution in [0, 0.1) is 17.2 Å². The summed E-state index contributed by atoms with van der Waals surface area (Å²) in [5, 5.41) is 14.3. The van der Waals surface area contributed by atoms with E-state index in [2.05, 4.69) is 23.3 Å². The number of carbonyl (C=O) groups excluding carboxylic acids is 1. The summed E-state index contributed by atoms with van der Waals surface area (Å²) in [5.74, 6) is 0.478. The number of anilines is 1. The first-order chi connectivity index (χ1) is 16.5. The topological polar surface area (TPSA) is 97.0 Å². The van der Waals surface area contributed by atoms with Crippen molar-refractivity contribution in [1.29, 1.82) is 5.26 Å². The number of nitriles is 1. The maximum absolute atomic E-state index is 13.1. The molecule has 9 heteroatoms. The van der Waals surface area contributed by atoms with Gasteiger partial charge in [-0.05, 0) is 56.2 Å². The predicted octanol–water partition coefficient (Wildman–Crippen LogP) is 4.61. The molecule has 3 aromatic rings. The highest BCUT2D eigenvalue weighted by atomic mass is 32.2. The van der Waals surface area contributed by atoms with Gasteiger partial charge < -0.3 is 10.1 Å². The summed E-state index contributed by atoms with van der Waals surface area (Å²) in [5.41, 5.74) is 2.19. The lowest BCUT2D eigenvalue weighted by Gasteiger charge is -2.17. The number of nitrogens with zero attached hydrogens (tertiary/aromatic N) is 3. The SMILES string of the molecule is CCOCCCn1c(SCC(=O)Nc2sc3c(c2C#N)CC[C@H](C)C3)nc2ccccc2c1=O. The minimum atomic E-state index is -0.212. The Morgan fingerprint density at radius 1 is 1.41 bits per heavy atom. The molecule has 1 amide bonds. The second kappa shape index (κ2) is 11.2. The number of ether oxygens (including phenoxy) is 1. The van der Waals surface area contributed by atoms with Crippen LogP contribution in [0.1, 0.15) is 42.7 Å². The third-order valence-corrected chi connectivity index (χ3v) is 8.06. The van der Waals surface area contributed by atoms with Crippen LogP contribution in [0.2, 0.25) is 0 Å². The summed E-state index contributed by atoms with van der Waals surface area (Å²) < 4.78 is 7.05. The summed E-state index contributed by atoms with van der Waals surface area (Å²) in [4.78, 5) is 31.8. The largest absolute Gasteiger partial charge is 0.382 e. The van der Waals surface area contributed by atoms with Crippen molar-refractivity contribution in [1.82, 2.24) is 9.55 Å². The number of benzene rings is 1. The van der Waals surface area contributed by atoms with Crippen molar-refractivity contribution in [2.75, 3.05) is 24.3 Å². The summed E-state index contributed by atoms with van der Waals surface area (Å²) >= 11 is 2.75. The van der Waals surface area contributed by atoms with Crippen molar-refractivity contribution in [3.63, 3.8) is 0 Å². The van der Waals surface area contributed by atoms with Gasteiger partial charge in [0.2, 0.25) is 5.91 Å². The van der Waals surface area contributed by atoms with Crippen molar-refractivity contribution in [2.24, 2.45) is 5.92 Å². The van der Waals surface area contributed by atoms with Gasteiger partial charge >= 0.3 is 0 Å². The number of thiophene rings is 1. The summed E-state index contributed by atoms with van der Waals surface area (Å²) in [6.07, 6.45) is 3.58. The molecule has 4 rings (SSSR count). The van der Waals surface area contributed by atoms with Crippen LogP contribution in [-0.4, -0.2) is 34.4 Å². The Labute approximate surface area is 207 Å². The van der Waals surface area contributed by atoms with E-state index >= 15 is 0 Å². The summed E-state index contributed by atoms with van der Waals surface area (Å²) in [7, 11) is 0. The standard InChI is InChI=1S/C25H28N4O3S2/c1-3-32-12-6-11-29-24(31)18-7-4-5-8-20(18)27-25(29)33-15-22(30)28-23-19(14-26)17-10-9-16(2)13-21(17)34-23/h4-5,7-8,16H,3,6,9-13,15H2,1-2H3,(H,28,30)/t16-/m0/s1. The van der Waals surface area contributed by atoms with Gasteiger partial charge in [0.25, 0.3) is 5.56 Å². The molecule has 34 heavy (non-hydrogen) atoms. The van der Waals surface area contributed by atoms with Gasteiger partial charge in [0, 0.05) is 24.6 Å². The number of thioether (sulfide) groups is 1. The first kappa shape index (κ1) is 24.5. The van der Waals surface area contributed by atoms with E-state index in [0.717, 1.165) is 24.8 Å². The third-order valence-electron chi connectivity index (χ3n) is 5.91. The molecule has 1 aliphatic rings. The second-order valence-electron chi connectivity index (χ2n) is 8.42. The van der Waals surface area contributed by atoms with Crippen molar-refractivity contribution in [3.8, 4) is 6.07 Å². The number of hydrogen-bond acceptors (Lipinski definition) is 7. The minimum Gasteiger partial charge on any atom is -0.382 e. The van der Waals surface area contributed by atoms with E-state index in [1.165, 1.54) is 28.0 Å². The first-order valence-corrected chi connectivity index (χ1v) is 13.4. The molecule has 0 spiro atoms. The zero-order valence-electron chi connectivity index (χ0n) is 19.4. The quantitative estimate of drug-likeness (QED) is 0.264. The fourth-order valence-corrected chi connectivity index (χ4v) is 6.38. The number of nitrogens with one attached hydrogen (secondary N) is 1. The molecule has 2 heterocycles. The lowest BCUT2D eigenvalue weighted by Crippen LogP contribution is -2.25. The molecule has 1 aliphatic carbocycles. The molecule has 0 aliphatic heterocycles. The third kappa shape index (κ3) is 5.35. The van der Waals surface area contributed by atoms with Gasteiger partial charge in [-0.25, -0.2) is 4.98 Å². The predicted molar refractivity (Wildman–Crippen MR) is 137 cm³/mol. The number of amides is 1. The highest BCUT2D eigenvalue weighted by Crippen LogP contribution is 2.39. The van der Waals surface area contributed by atoms with Gasteiger partial charge in [-0.15, -0.1) is 11.3 Å². The van der Waals surface area contributed by atoms with Crippen LogP contribution in [0.25, 0.3) is 10.9 Å². The average molecular weight is 497 g/mol. The Bertz CT molecular complexity index is 1290. The molecule has 0 radical (unpaired) electrons. The highest BCUT2D eigenvalue weighted by Gasteiger charge is 2.25. The van der Waals surface area contributed by atoms with Crippen LogP contribution in [0.5, 0.6) is 0 Å². The van der Waals surface area contributed by atoms with E-state index in [1.54, 1.807) is 10.6 Å². The maximum Gasteiger partial charge on any atom is 0.262 e. The zero-order valence-corrected chi connectivity index (χ0v) is 21.1. The Hall–Kier alpha value is -2.67. The van der Waals surface area contributed by atoms with E-state index in [-0.39, 0.29) is 17.2 Å². The molecule has 178 valence electrons. The molecule has 1 aromatic carbocycles. The summed E-state index contributed by atoms with van der Waals surface area (Å²) in [6, 6.07) is 9.54. The van der Waals surface area contributed by atoms with Gasteiger partial charge in [0.1, 0.15) is 11.1 Å². The first-order valence-electron chi connectivity index (χ1n) is 11.6. The Morgan fingerprint density at radius 3 is 3.03 bits per heavy atom. The van der Waals surface area contributed by atoms with Crippen LogP contribution in [0.3, 0.4) is 0 Å². The number of rotatable bonds is 9. The molecule has 0 bridgehead atoms. The fraction of sp³-hybridized carbons (Fsp3) is 0.440. The van der Waals surface area contributed by atoms with Crippen molar-refractivity contribution >= 4 is 44.9 Å². The fourth-order valence-electron chi connectivity index (χ4n) is 4.17. The van der Waals surface area contributed by atoms with Crippen LogP contribution in [0.4, 0.5) is 5.00 Å². The van der Waals surface area contributed by atoms with Gasteiger partial charge in [-0.1, -0.05) is 30.8 Å². The lowest BCUT2D eigenvalue weighted by molar-refractivity contribution is -0.113. The van der Waals surface area contributed by atoms with Crippen LogP contribution in [0.15, 0.2) is 34.2 Å². The molecular formula is C25H28N4O3S2. The Morgan fingerprint density at radius 2 is 2.24 bits per heavy atom. The molecule has 0 fully saturated rings. The summed E-state index contributed by atoms with van der Waals surface area (Å²) in [6.45, 7) is 5.80. The van der Waals surface area contributed by atoms with E-state index in [4.69, 9.17) is 4.74 Å². The molecule has 0 saturated heterocycles. The second-order valence-corrected chi connectivity index (χ2v) is 10.5. The maximum atomic E-state index is 13.1. The monoisotopic (exact) mass is 496 g/mol. The number of carbonyl (C=O) groups is 1. The Kier molecular flexibility index (Phi) is 8.03. The van der Waals surface area contributed by atoms with Crippen LogP contribution >= 0.6 is 23.1 Å². The highest BCUT2D eigenvalue weighted by molar-refractivity contribution is 7.99.